The normalized spacial score (nSPS) is 15.8. The standard InChI is InChI=1S/C19H28N6O3/c1-4-24-8-10-25(11-9-24)7-5-6-20-17(26)14-12-15-16(21-13-14)22(2)19(28)23(3)18(15)27/h12-13H,4-11H2,1-3H3,(H,20,26). The van der Waals surface area contributed by atoms with Crippen LogP contribution in [0.15, 0.2) is 21.9 Å². The molecule has 0 bridgehead atoms. The van der Waals surface area contributed by atoms with Crippen molar-refractivity contribution in [3.63, 3.8) is 0 Å². The predicted molar refractivity (Wildman–Crippen MR) is 108 cm³/mol. The van der Waals surface area contributed by atoms with Crippen molar-refractivity contribution in [3.8, 4) is 0 Å². The van der Waals surface area contributed by atoms with E-state index in [-0.39, 0.29) is 16.9 Å². The van der Waals surface area contributed by atoms with Crippen molar-refractivity contribution in [1.82, 2.24) is 29.2 Å². The van der Waals surface area contributed by atoms with Crippen molar-refractivity contribution >= 4 is 16.9 Å². The molecular weight excluding hydrogens is 360 g/mol. The zero-order valence-corrected chi connectivity index (χ0v) is 16.8. The van der Waals surface area contributed by atoms with Crippen molar-refractivity contribution in [2.24, 2.45) is 14.1 Å². The summed E-state index contributed by atoms with van der Waals surface area (Å²) in [7, 11) is 2.97. The minimum Gasteiger partial charge on any atom is -0.352 e. The van der Waals surface area contributed by atoms with E-state index in [4.69, 9.17) is 0 Å². The molecule has 0 atom stereocenters. The summed E-state index contributed by atoms with van der Waals surface area (Å²) in [5.74, 6) is -0.263. The molecular formula is C19H28N6O3. The molecule has 0 spiro atoms. The van der Waals surface area contributed by atoms with Gasteiger partial charge in [-0.25, -0.2) is 9.78 Å². The fourth-order valence-corrected chi connectivity index (χ4v) is 3.53. The number of aryl methyl sites for hydroxylation is 1. The maximum absolute atomic E-state index is 12.4. The predicted octanol–water partition coefficient (Wildman–Crippen LogP) is -0.610. The van der Waals surface area contributed by atoms with Gasteiger partial charge in [0.15, 0.2) is 0 Å². The number of amides is 1. The van der Waals surface area contributed by atoms with Crippen LogP contribution in [-0.4, -0.2) is 75.6 Å². The summed E-state index contributed by atoms with van der Waals surface area (Å²) in [4.78, 5) is 45.7. The first-order chi connectivity index (χ1) is 13.4. The number of nitrogens with zero attached hydrogens (tertiary/aromatic N) is 5. The van der Waals surface area contributed by atoms with Gasteiger partial charge in [0.05, 0.1) is 10.9 Å². The zero-order valence-electron chi connectivity index (χ0n) is 16.8. The number of piperazine rings is 1. The van der Waals surface area contributed by atoms with Crippen LogP contribution in [0.5, 0.6) is 0 Å². The summed E-state index contributed by atoms with van der Waals surface area (Å²) >= 11 is 0. The number of pyridine rings is 1. The van der Waals surface area contributed by atoms with Crippen LogP contribution in [0.2, 0.25) is 0 Å². The van der Waals surface area contributed by atoms with Gasteiger partial charge in [-0.15, -0.1) is 0 Å². The van der Waals surface area contributed by atoms with Gasteiger partial charge >= 0.3 is 5.69 Å². The van der Waals surface area contributed by atoms with Crippen LogP contribution >= 0.6 is 0 Å². The van der Waals surface area contributed by atoms with Crippen LogP contribution < -0.4 is 16.6 Å². The van der Waals surface area contributed by atoms with E-state index in [1.165, 1.54) is 23.9 Å². The van der Waals surface area contributed by atoms with Gasteiger partial charge in [0.1, 0.15) is 5.65 Å². The monoisotopic (exact) mass is 388 g/mol. The van der Waals surface area contributed by atoms with Gasteiger partial charge in [0.25, 0.3) is 11.5 Å². The molecule has 1 fully saturated rings. The Hall–Kier alpha value is -2.52. The minimum atomic E-state index is -0.452. The second kappa shape index (κ2) is 8.66. The Balaban J connectivity index is 1.58. The molecule has 3 heterocycles. The number of carbonyl (C=O) groups excluding carboxylic acids is 1. The molecule has 2 aromatic rings. The Morgan fingerprint density at radius 2 is 1.79 bits per heavy atom. The number of hydrogen-bond donors (Lipinski definition) is 1. The molecule has 28 heavy (non-hydrogen) atoms. The molecule has 152 valence electrons. The first-order valence-corrected chi connectivity index (χ1v) is 9.71. The Bertz CT molecular complexity index is 972. The number of likely N-dealkylation sites (N-methyl/N-ethyl adjacent to an activating group) is 1. The fourth-order valence-electron chi connectivity index (χ4n) is 3.53. The number of nitrogens with one attached hydrogen (secondary N) is 1. The van der Waals surface area contributed by atoms with Crippen LogP contribution in [0.3, 0.4) is 0 Å². The zero-order chi connectivity index (χ0) is 20.3. The average molecular weight is 388 g/mol. The fraction of sp³-hybridized carbons (Fsp3) is 0.579. The van der Waals surface area contributed by atoms with Crippen LogP contribution in [0.4, 0.5) is 0 Å². The van der Waals surface area contributed by atoms with Crippen LogP contribution in [0.25, 0.3) is 11.0 Å². The molecule has 1 amide bonds. The Morgan fingerprint density at radius 1 is 1.11 bits per heavy atom. The van der Waals surface area contributed by atoms with Crippen LogP contribution in [0, 0.1) is 0 Å². The van der Waals surface area contributed by atoms with Gasteiger partial charge in [0.2, 0.25) is 0 Å². The topological polar surface area (TPSA) is 92.5 Å². The van der Waals surface area contributed by atoms with Gasteiger partial charge in [-0.2, -0.15) is 0 Å². The lowest BCUT2D eigenvalue weighted by atomic mass is 10.2. The van der Waals surface area contributed by atoms with Gasteiger partial charge in [-0.05, 0) is 25.6 Å². The summed E-state index contributed by atoms with van der Waals surface area (Å²) < 4.78 is 2.32. The van der Waals surface area contributed by atoms with Crippen molar-refractivity contribution in [3.05, 3.63) is 38.7 Å². The largest absolute Gasteiger partial charge is 0.352 e. The van der Waals surface area contributed by atoms with Crippen molar-refractivity contribution in [2.75, 3.05) is 45.8 Å². The van der Waals surface area contributed by atoms with Crippen LogP contribution in [0.1, 0.15) is 23.7 Å². The molecule has 0 saturated carbocycles. The summed E-state index contributed by atoms with van der Waals surface area (Å²) in [6.07, 6.45) is 2.27. The third kappa shape index (κ3) is 4.15. The Morgan fingerprint density at radius 3 is 2.46 bits per heavy atom. The maximum atomic E-state index is 12.4. The number of carbonyl (C=O) groups is 1. The molecule has 2 aromatic heterocycles. The van der Waals surface area contributed by atoms with Gasteiger partial charge < -0.3 is 15.1 Å². The van der Waals surface area contributed by atoms with E-state index in [1.54, 1.807) is 7.05 Å². The van der Waals surface area contributed by atoms with Crippen molar-refractivity contribution in [2.45, 2.75) is 13.3 Å². The third-order valence-corrected chi connectivity index (χ3v) is 5.40. The number of aromatic nitrogens is 3. The average Bonchev–Trinajstić information content (AvgIpc) is 2.73. The summed E-state index contributed by atoms with van der Waals surface area (Å²) in [5, 5.41) is 3.15. The minimum absolute atomic E-state index is 0.256. The highest BCUT2D eigenvalue weighted by atomic mass is 16.2. The smallest absolute Gasteiger partial charge is 0.332 e. The molecule has 0 radical (unpaired) electrons. The quantitative estimate of drug-likeness (QED) is 0.664. The van der Waals surface area contributed by atoms with E-state index in [0.29, 0.717) is 12.1 Å². The summed E-state index contributed by atoms with van der Waals surface area (Å²) in [6.45, 7) is 9.14. The van der Waals surface area contributed by atoms with E-state index in [0.717, 1.165) is 50.3 Å². The maximum Gasteiger partial charge on any atom is 0.332 e. The highest BCUT2D eigenvalue weighted by molar-refractivity contribution is 5.96. The number of rotatable bonds is 6. The lowest BCUT2D eigenvalue weighted by Crippen LogP contribution is -2.46. The van der Waals surface area contributed by atoms with E-state index in [1.807, 2.05) is 0 Å². The molecule has 0 unspecified atom stereocenters. The molecule has 1 N–H and O–H groups in total. The molecule has 9 nitrogen and oxygen atoms in total. The number of hydrogen-bond acceptors (Lipinski definition) is 6. The molecule has 9 heteroatoms. The molecule has 0 aliphatic carbocycles. The van der Waals surface area contributed by atoms with Crippen molar-refractivity contribution in [1.29, 1.82) is 0 Å². The molecule has 3 rings (SSSR count). The van der Waals surface area contributed by atoms with Gasteiger partial charge in [0, 0.05) is 53.0 Å². The Kier molecular flexibility index (Phi) is 6.25. The SMILES string of the molecule is CCN1CCN(CCCNC(=O)c2cnc3c(c2)c(=O)n(C)c(=O)n3C)CC1. The molecule has 1 saturated heterocycles. The molecule has 0 aromatic carbocycles. The lowest BCUT2D eigenvalue weighted by molar-refractivity contribution is 0.0948. The second-order valence-electron chi connectivity index (χ2n) is 7.19. The van der Waals surface area contributed by atoms with Gasteiger partial charge in [-0.1, -0.05) is 6.92 Å². The molecule has 1 aliphatic heterocycles. The second-order valence-corrected chi connectivity index (χ2v) is 7.19. The van der Waals surface area contributed by atoms with E-state index in [9.17, 15) is 14.4 Å². The van der Waals surface area contributed by atoms with E-state index in [2.05, 4.69) is 27.0 Å². The highest BCUT2D eigenvalue weighted by Crippen LogP contribution is 2.07. The first-order valence-electron chi connectivity index (χ1n) is 9.71. The summed E-state index contributed by atoms with van der Waals surface area (Å²) in [5.41, 5.74) is -0.302. The van der Waals surface area contributed by atoms with Crippen molar-refractivity contribution < 1.29 is 4.79 Å². The van der Waals surface area contributed by atoms with Gasteiger partial charge in [-0.3, -0.25) is 18.7 Å². The lowest BCUT2D eigenvalue weighted by Gasteiger charge is -2.33. The van der Waals surface area contributed by atoms with E-state index >= 15 is 0 Å². The third-order valence-electron chi connectivity index (χ3n) is 5.40. The Labute approximate surface area is 163 Å². The van der Waals surface area contributed by atoms with Crippen LogP contribution in [-0.2, 0) is 14.1 Å². The first kappa shape index (κ1) is 20.2. The molecule has 1 aliphatic rings. The summed E-state index contributed by atoms with van der Waals surface area (Å²) in [6, 6.07) is 1.50. The highest BCUT2D eigenvalue weighted by Gasteiger charge is 2.16. The number of fused-ring (bicyclic) bond motifs is 1. The van der Waals surface area contributed by atoms with E-state index < -0.39 is 11.2 Å².